The second-order valence-electron chi connectivity index (χ2n) is 5.54. The Hall–Kier alpha value is -0.820. The van der Waals surface area contributed by atoms with Gasteiger partial charge in [-0.2, -0.15) is 0 Å². The molecule has 16 heavy (non-hydrogen) atoms. The van der Waals surface area contributed by atoms with Crippen molar-refractivity contribution < 1.29 is 0 Å². The number of nitrogens with two attached hydrogens (primary N) is 1. The Morgan fingerprint density at radius 3 is 2.81 bits per heavy atom. The maximum absolute atomic E-state index is 6.40. The van der Waals surface area contributed by atoms with Crippen molar-refractivity contribution in [3.8, 4) is 0 Å². The van der Waals surface area contributed by atoms with Crippen molar-refractivity contribution in [2.24, 2.45) is 11.7 Å². The van der Waals surface area contributed by atoms with Gasteiger partial charge in [-0.05, 0) is 48.6 Å². The number of benzene rings is 1. The second-order valence-corrected chi connectivity index (χ2v) is 5.54. The standard InChI is InChI=1S/C15H21N/c16-15(10-11-8-9-11)14-7-3-5-12-4-1-2-6-13(12)14/h1-2,4,6,11,14-15H,3,5,7-10,16H2. The summed E-state index contributed by atoms with van der Waals surface area (Å²) in [5, 5.41) is 0. The Bertz CT molecular complexity index is 367. The van der Waals surface area contributed by atoms with Crippen LogP contribution in [0.25, 0.3) is 0 Å². The molecule has 0 heterocycles. The molecule has 1 aromatic rings. The van der Waals surface area contributed by atoms with Crippen LogP contribution in [0.15, 0.2) is 24.3 Å². The summed E-state index contributed by atoms with van der Waals surface area (Å²) in [5.74, 6) is 1.58. The van der Waals surface area contributed by atoms with Crippen LogP contribution >= 0.6 is 0 Å². The summed E-state index contributed by atoms with van der Waals surface area (Å²) in [6.07, 6.45) is 7.96. The van der Waals surface area contributed by atoms with E-state index in [2.05, 4.69) is 24.3 Å². The average molecular weight is 215 g/mol. The molecule has 2 unspecified atom stereocenters. The van der Waals surface area contributed by atoms with E-state index in [1.54, 1.807) is 11.1 Å². The SMILES string of the molecule is NC(CC1CC1)C1CCCc2ccccc21. The van der Waals surface area contributed by atoms with Crippen LogP contribution in [0.5, 0.6) is 0 Å². The zero-order chi connectivity index (χ0) is 11.0. The van der Waals surface area contributed by atoms with E-state index in [-0.39, 0.29) is 0 Å². The summed E-state index contributed by atoms with van der Waals surface area (Å²) in [7, 11) is 0. The minimum atomic E-state index is 0.397. The molecule has 0 radical (unpaired) electrons. The predicted molar refractivity (Wildman–Crippen MR) is 67.4 cm³/mol. The van der Waals surface area contributed by atoms with E-state index >= 15 is 0 Å². The first kappa shape index (κ1) is 10.3. The summed E-state index contributed by atoms with van der Waals surface area (Å²) in [6.45, 7) is 0. The van der Waals surface area contributed by atoms with Crippen LogP contribution in [0, 0.1) is 5.92 Å². The van der Waals surface area contributed by atoms with E-state index in [1.165, 1.54) is 38.5 Å². The highest BCUT2D eigenvalue weighted by Gasteiger charge is 2.30. The van der Waals surface area contributed by atoms with Crippen LogP contribution in [0.2, 0.25) is 0 Å². The first-order chi connectivity index (χ1) is 7.84. The predicted octanol–water partition coefficient (Wildman–Crippen LogP) is 3.23. The molecule has 3 rings (SSSR count). The lowest BCUT2D eigenvalue weighted by atomic mass is 9.78. The van der Waals surface area contributed by atoms with Gasteiger partial charge in [0.2, 0.25) is 0 Å². The maximum atomic E-state index is 6.40. The molecular formula is C15H21N. The first-order valence-corrected chi connectivity index (χ1v) is 6.68. The Morgan fingerprint density at radius 2 is 2.00 bits per heavy atom. The van der Waals surface area contributed by atoms with Gasteiger partial charge >= 0.3 is 0 Å². The Labute approximate surface area is 98.0 Å². The molecule has 2 N–H and O–H groups in total. The highest BCUT2D eigenvalue weighted by atomic mass is 14.7. The smallest absolute Gasteiger partial charge is 0.0111 e. The highest BCUT2D eigenvalue weighted by Crippen LogP contribution is 2.39. The van der Waals surface area contributed by atoms with Crippen LogP contribution in [-0.2, 0) is 6.42 Å². The van der Waals surface area contributed by atoms with Crippen molar-refractivity contribution >= 4 is 0 Å². The Morgan fingerprint density at radius 1 is 1.19 bits per heavy atom. The van der Waals surface area contributed by atoms with E-state index in [0.717, 1.165) is 5.92 Å². The van der Waals surface area contributed by atoms with Crippen molar-refractivity contribution in [2.45, 2.75) is 50.5 Å². The molecule has 0 saturated heterocycles. The van der Waals surface area contributed by atoms with Gasteiger partial charge in [0.25, 0.3) is 0 Å². The topological polar surface area (TPSA) is 26.0 Å². The molecule has 1 aromatic carbocycles. The third kappa shape index (κ3) is 2.01. The van der Waals surface area contributed by atoms with Gasteiger partial charge in [-0.25, -0.2) is 0 Å². The lowest BCUT2D eigenvalue weighted by Crippen LogP contribution is -2.31. The fraction of sp³-hybridized carbons (Fsp3) is 0.600. The number of hydrogen-bond donors (Lipinski definition) is 1. The molecule has 2 aliphatic rings. The van der Waals surface area contributed by atoms with E-state index < -0.39 is 0 Å². The largest absolute Gasteiger partial charge is 0.327 e. The van der Waals surface area contributed by atoms with Gasteiger partial charge in [0.05, 0.1) is 0 Å². The molecule has 86 valence electrons. The molecule has 1 fully saturated rings. The van der Waals surface area contributed by atoms with E-state index in [1.807, 2.05) is 0 Å². The zero-order valence-corrected chi connectivity index (χ0v) is 9.86. The van der Waals surface area contributed by atoms with Gasteiger partial charge in [-0.3, -0.25) is 0 Å². The molecule has 0 amide bonds. The highest BCUT2D eigenvalue weighted by molar-refractivity contribution is 5.33. The second kappa shape index (κ2) is 4.21. The number of hydrogen-bond acceptors (Lipinski definition) is 1. The summed E-state index contributed by atoms with van der Waals surface area (Å²) in [4.78, 5) is 0. The molecule has 2 atom stereocenters. The van der Waals surface area contributed by atoms with Crippen molar-refractivity contribution in [3.05, 3.63) is 35.4 Å². The lowest BCUT2D eigenvalue weighted by Gasteiger charge is -2.30. The average Bonchev–Trinajstić information content (AvgIpc) is 3.12. The Balaban J connectivity index is 1.80. The lowest BCUT2D eigenvalue weighted by molar-refractivity contribution is 0.426. The minimum absolute atomic E-state index is 0.397. The quantitative estimate of drug-likeness (QED) is 0.823. The molecule has 1 heteroatoms. The minimum Gasteiger partial charge on any atom is -0.327 e. The van der Waals surface area contributed by atoms with Gasteiger partial charge in [-0.1, -0.05) is 37.1 Å². The van der Waals surface area contributed by atoms with Crippen LogP contribution in [-0.4, -0.2) is 6.04 Å². The van der Waals surface area contributed by atoms with E-state index in [4.69, 9.17) is 5.73 Å². The molecule has 1 saturated carbocycles. The van der Waals surface area contributed by atoms with Gasteiger partial charge in [0.15, 0.2) is 0 Å². The Kier molecular flexibility index (Phi) is 2.72. The molecule has 2 aliphatic carbocycles. The van der Waals surface area contributed by atoms with Gasteiger partial charge in [0.1, 0.15) is 0 Å². The third-order valence-electron chi connectivity index (χ3n) is 4.24. The van der Waals surface area contributed by atoms with Crippen molar-refractivity contribution in [2.75, 3.05) is 0 Å². The van der Waals surface area contributed by atoms with Gasteiger partial charge in [-0.15, -0.1) is 0 Å². The van der Waals surface area contributed by atoms with Crippen LogP contribution in [0.1, 0.15) is 49.1 Å². The van der Waals surface area contributed by atoms with Crippen molar-refractivity contribution in [1.29, 1.82) is 0 Å². The zero-order valence-electron chi connectivity index (χ0n) is 9.86. The number of fused-ring (bicyclic) bond motifs is 1. The van der Waals surface area contributed by atoms with Crippen molar-refractivity contribution in [3.63, 3.8) is 0 Å². The van der Waals surface area contributed by atoms with Crippen LogP contribution < -0.4 is 5.73 Å². The summed E-state index contributed by atoms with van der Waals surface area (Å²) < 4.78 is 0. The fourth-order valence-corrected chi connectivity index (χ4v) is 3.14. The molecule has 1 nitrogen and oxygen atoms in total. The molecular weight excluding hydrogens is 194 g/mol. The monoisotopic (exact) mass is 215 g/mol. The fourth-order valence-electron chi connectivity index (χ4n) is 3.14. The summed E-state index contributed by atoms with van der Waals surface area (Å²) in [6, 6.07) is 9.31. The van der Waals surface area contributed by atoms with Crippen LogP contribution in [0.3, 0.4) is 0 Å². The molecule has 0 aliphatic heterocycles. The van der Waals surface area contributed by atoms with E-state index in [9.17, 15) is 0 Å². The maximum Gasteiger partial charge on any atom is 0.0111 e. The van der Waals surface area contributed by atoms with Crippen LogP contribution in [0.4, 0.5) is 0 Å². The third-order valence-corrected chi connectivity index (χ3v) is 4.24. The normalized spacial score (nSPS) is 26.2. The summed E-state index contributed by atoms with van der Waals surface area (Å²) in [5.41, 5.74) is 9.49. The molecule has 0 spiro atoms. The van der Waals surface area contributed by atoms with Gasteiger partial charge in [0, 0.05) is 6.04 Å². The number of aryl methyl sites for hydroxylation is 1. The van der Waals surface area contributed by atoms with Gasteiger partial charge < -0.3 is 5.73 Å². The van der Waals surface area contributed by atoms with Crippen molar-refractivity contribution in [1.82, 2.24) is 0 Å². The molecule has 0 bridgehead atoms. The molecule has 0 aromatic heterocycles. The van der Waals surface area contributed by atoms with E-state index in [0.29, 0.717) is 12.0 Å². The number of rotatable bonds is 3. The summed E-state index contributed by atoms with van der Waals surface area (Å²) >= 11 is 0. The first-order valence-electron chi connectivity index (χ1n) is 6.68.